The van der Waals surface area contributed by atoms with E-state index in [1.54, 1.807) is 48.5 Å². The Morgan fingerprint density at radius 1 is 0.576 bits per heavy atom. The number of rotatable bonds is 4. The molecule has 0 atom stereocenters. The van der Waals surface area contributed by atoms with Gasteiger partial charge in [0.25, 0.3) is 0 Å². The third-order valence-electron chi connectivity index (χ3n) is 5.59. The Balaban J connectivity index is 1.54. The molecule has 1 aromatic heterocycles. The number of carbonyl (C=O) groups is 2. The molecule has 162 valence electrons. The molecule has 5 heteroatoms. The van der Waals surface area contributed by atoms with Crippen LogP contribution >= 0.6 is 0 Å². The van der Waals surface area contributed by atoms with E-state index in [2.05, 4.69) is 0 Å². The molecule has 1 heterocycles. The van der Waals surface area contributed by atoms with E-state index in [1.165, 1.54) is 0 Å². The van der Waals surface area contributed by atoms with E-state index in [0.29, 0.717) is 33.8 Å². The van der Waals surface area contributed by atoms with Crippen LogP contribution in [-0.2, 0) is 0 Å². The van der Waals surface area contributed by atoms with Gasteiger partial charge in [0.15, 0.2) is 22.7 Å². The van der Waals surface area contributed by atoms with E-state index < -0.39 is 11.9 Å². The van der Waals surface area contributed by atoms with Crippen LogP contribution in [0.5, 0.6) is 11.5 Å². The molecule has 0 fully saturated rings. The number of carbonyl (C=O) groups excluding carboxylic acids is 2. The van der Waals surface area contributed by atoms with Crippen molar-refractivity contribution < 1.29 is 23.5 Å². The first kappa shape index (κ1) is 20.5. The van der Waals surface area contributed by atoms with Gasteiger partial charge >= 0.3 is 11.9 Å². The summed E-state index contributed by atoms with van der Waals surface area (Å²) < 4.78 is 17.5. The van der Waals surface area contributed by atoms with Gasteiger partial charge in [-0.25, -0.2) is 9.59 Å². The molecule has 0 saturated carbocycles. The lowest BCUT2D eigenvalue weighted by Gasteiger charge is -2.07. The van der Waals surface area contributed by atoms with E-state index >= 15 is 0 Å². The molecule has 4 aromatic carbocycles. The summed E-state index contributed by atoms with van der Waals surface area (Å²) in [4.78, 5) is 25.5. The van der Waals surface area contributed by atoms with Gasteiger partial charge in [0.1, 0.15) is 0 Å². The molecule has 0 radical (unpaired) electrons. The number of hydrogen-bond acceptors (Lipinski definition) is 5. The smallest absolute Gasteiger partial charge is 0.343 e. The molecule has 5 nitrogen and oxygen atoms in total. The molecule has 0 N–H and O–H groups in total. The van der Waals surface area contributed by atoms with Crippen LogP contribution in [0.2, 0.25) is 0 Å². The van der Waals surface area contributed by atoms with Crippen molar-refractivity contribution in [3.05, 3.63) is 107 Å². The first-order valence-corrected chi connectivity index (χ1v) is 10.5. The molecule has 0 unspecified atom stereocenters. The highest BCUT2D eigenvalue weighted by Gasteiger charge is 2.20. The number of fused-ring (bicyclic) bond motifs is 3. The maximum absolute atomic E-state index is 12.8. The topological polar surface area (TPSA) is 65.7 Å². The minimum atomic E-state index is -0.465. The molecule has 0 aliphatic rings. The van der Waals surface area contributed by atoms with Gasteiger partial charge in [-0.15, -0.1) is 0 Å². The van der Waals surface area contributed by atoms with E-state index in [-0.39, 0.29) is 0 Å². The third-order valence-corrected chi connectivity index (χ3v) is 5.59. The Bertz CT molecular complexity index is 1410. The number of ether oxygens (including phenoxy) is 2. The van der Waals surface area contributed by atoms with Gasteiger partial charge in [-0.2, -0.15) is 0 Å². The number of furan rings is 1. The fourth-order valence-corrected chi connectivity index (χ4v) is 3.84. The average molecular weight is 436 g/mol. The molecule has 0 aliphatic heterocycles. The molecule has 0 amide bonds. The number of aryl methyl sites for hydroxylation is 2. The summed E-state index contributed by atoms with van der Waals surface area (Å²) in [6.45, 7) is 3.71. The van der Waals surface area contributed by atoms with Gasteiger partial charge in [0, 0.05) is 10.8 Å². The maximum atomic E-state index is 12.8. The predicted molar refractivity (Wildman–Crippen MR) is 126 cm³/mol. The molecule has 0 bridgehead atoms. The first-order valence-electron chi connectivity index (χ1n) is 10.5. The maximum Gasteiger partial charge on any atom is 0.343 e. The quantitative estimate of drug-likeness (QED) is 0.233. The molecule has 0 spiro atoms. The van der Waals surface area contributed by atoms with Crippen molar-refractivity contribution in [3.63, 3.8) is 0 Å². The van der Waals surface area contributed by atoms with Crippen molar-refractivity contribution in [1.29, 1.82) is 0 Å². The number of para-hydroxylation sites is 2. The summed E-state index contributed by atoms with van der Waals surface area (Å²) in [5.74, 6) is -0.333. The Labute approximate surface area is 190 Å². The molecule has 0 saturated heterocycles. The van der Waals surface area contributed by atoms with Crippen molar-refractivity contribution in [2.24, 2.45) is 0 Å². The van der Waals surface area contributed by atoms with E-state index in [1.807, 2.05) is 50.2 Å². The second kappa shape index (κ2) is 8.28. The van der Waals surface area contributed by atoms with Gasteiger partial charge < -0.3 is 13.9 Å². The van der Waals surface area contributed by atoms with E-state index in [9.17, 15) is 9.59 Å². The lowest BCUT2D eigenvalue weighted by atomic mass is 10.1. The summed E-state index contributed by atoms with van der Waals surface area (Å²) in [6.07, 6.45) is 0. The zero-order valence-corrected chi connectivity index (χ0v) is 18.1. The van der Waals surface area contributed by atoms with Gasteiger partial charge in [0.05, 0.1) is 11.1 Å². The van der Waals surface area contributed by atoms with Crippen molar-refractivity contribution >= 4 is 33.9 Å². The standard InChI is InChI=1S/C28H20O5/c1-17-9-3-5-11-19(17)27(29)31-23-15-7-13-21-22-14-8-16-24(26(22)33-25(21)23)32-28(30)20-12-6-4-10-18(20)2/h3-16H,1-2H3. The highest BCUT2D eigenvalue weighted by atomic mass is 16.5. The van der Waals surface area contributed by atoms with Crippen molar-refractivity contribution in [2.45, 2.75) is 13.8 Å². The minimum Gasteiger partial charge on any atom is -0.448 e. The molecular weight excluding hydrogens is 416 g/mol. The molecule has 0 aliphatic carbocycles. The molecule has 5 rings (SSSR count). The number of hydrogen-bond donors (Lipinski definition) is 0. The Kier molecular flexibility index (Phi) is 5.15. The fourth-order valence-electron chi connectivity index (χ4n) is 3.84. The second-order valence-electron chi connectivity index (χ2n) is 7.78. The van der Waals surface area contributed by atoms with Crippen molar-refractivity contribution in [3.8, 4) is 11.5 Å². The zero-order chi connectivity index (χ0) is 22.9. The number of esters is 2. The highest BCUT2D eigenvalue weighted by Crippen LogP contribution is 2.39. The summed E-state index contributed by atoms with van der Waals surface area (Å²) >= 11 is 0. The van der Waals surface area contributed by atoms with Crippen molar-refractivity contribution in [1.82, 2.24) is 0 Å². The Morgan fingerprint density at radius 3 is 1.42 bits per heavy atom. The third kappa shape index (κ3) is 3.74. The fraction of sp³-hybridized carbons (Fsp3) is 0.0714. The Morgan fingerprint density at radius 2 is 1.00 bits per heavy atom. The Hall–Kier alpha value is -4.38. The van der Waals surface area contributed by atoms with Crippen LogP contribution < -0.4 is 9.47 Å². The predicted octanol–water partition coefficient (Wildman–Crippen LogP) is 6.64. The monoisotopic (exact) mass is 436 g/mol. The van der Waals surface area contributed by atoms with Crippen LogP contribution in [0.25, 0.3) is 21.9 Å². The largest absolute Gasteiger partial charge is 0.448 e. The summed E-state index contributed by atoms with van der Waals surface area (Å²) in [7, 11) is 0. The van der Waals surface area contributed by atoms with Crippen molar-refractivity contribution in [2.75, 3.05) is 0 Å². The lowest BCUT2D eigenvalue weighted by molar-refractivity contribution is 0.0727. The number of benzene rings is 4. The summed E-state index contributed by atoms with van der Waals surface area (Å²) in [5.41, 5.74) is 3.44. The lowest BCUT2D eigenvalue weighted by Crippen LogP contribution is -2.10. The van der Waals surface area contributed by atoms with Crippen LogP contribution in [0.4, 0.5) is 0 Å². The van der Waals surface area contributed by atoms with E-state index in [4.69, 9.17) is 13.9 Å². The molecule has 33 heavy (non-hydrogen) atoms. The van der Waals surface area contributed by atoms with Gasteiger partial charge in [-0.05, 0) is 49.2 Å². The van der Waals surface area contributed by atoms with Crippen LogP contribution in [0.1, 0.15) is 31.8 Å². The van der Waals surface area contributed by atoms with Crippen LogP contribution in [0.15, 0.2) is 89.3 Å². The van der Waals surface area contributed by atoms with E-state index in [0.717, 1.165) is 21.9 Å². The minimum absolute atomic E-state index is 0.299. The second-order valence-corrected chi connectivity index (χ2v) is 7.78. The van der Waals surface area contributed by atoms with Crippen LogP contribution in [-0.4, -0.2) is 11.9 Å². The normalized spacial score (nSPS) is 11.0. The van der Waals surface area contributed by atoms with Gasteiger partial charge in [-0.1, -0.05) is 60.7 Å². The first-order chi connectivity index (χ1) is 16.0. The molecule has 5 aromatic rings. The van der Waals surface area contributed by atoms with Crippen LogP contribution in [0.3, 0.4) is 0 Å². The molecular formula is C28H20O5. The summed E-state index contributed by atoms with van der Waals surface area (Å²) in [5, 5.41) is 1.52. The van der Waals surface area contributed by atoms with Crippen LogP contribution in [0, 0.1) is 13.8 Å². The zero-order valence-electron chi connectivity index (χ0n) is 18.1. The van der Waals surface area contributed by atoms with Gasteiger partial charge in [0.2, 0.25) is 0 Å². The summed E-state index contributed by atoms with van der Waals surface area (Å²) in [6, 6.07) is 25.2. The SMILES string of the molecule is Cc1ccccc1C(=O)Oc1cccc2c1oc1c(OC(=O)c3ccccc3C)cccc12. The average Bonchev–Trinajstić information content (AvgIpc) is 3.20. The van der Waals surface area contributed by atoms with Gasteiger partial charge in [-0.3, -0.25) is 0 Å². The highest BCUT2D eigenvalue weighted by molar-refractivity contribution is 6.10.